The van der Waals surface area contributed by atoms with E-state index in [0.29, 0.717) is 13.0 Å². The Kier molecular flexibility index (Phi) is 3.79. The van der Waals surface area contributed by atoms with E-state index in [-0.39, 0.29) is 5.91 Å². The predicted octanol–water partition coefficient (Wildman–Crippen LogP) is 2.30. The molecule has 1 fully saturated rings. The van der Waals surface area contributed by atoms with Gasteiger partial charge in [0.25, 0.3) is 0 Å². The molecule has 0 N–H and O–H groups in total. The van der Waals surface area contributed by atoms with Crippen molar-refractivity contribution in [1.82, 2.24) is 4.90 Å². The van der Waals surface area contributed by atoms with E-state index in [1.165, 1.54) is 6.42 Å². The highest BCUT2D eigenvalue weighted by atomic mass is 79.9. The first-order valence-electron chi connectivity index (χ1n) is 4.31. The van der Waals surface area contributed by atoms with Crippen molar-refractivity contribution in [3.63, 3.8) is 0 Å². The Morgan fingerprint density at radius 2 is 2.25 bits per heavy atom. The first-order chi connectivity index (χ1) is 5.70. The topological polar surface area (TPSA) is 20.3 Å². The lowest BCUT2D eigenvalue weighted by Gasteiger charge is -2.19. The number of carbonyl (C=O) groups is 1. The summed E-state index contributed by atoms with van der Waals surface area (Å²) in [6.45, 7) is 5.29. The van der Waals surface area contributed by atoms with Crippen LogP contribution >= 0.6 is 15.9 Å². The van der Waals surface area contributed by atoms with Crippen LogP contribution in [0.3, 0.4) is 0 Å². The van der Waals surface area contributed by atoms with E-state index in [9.17, 15) is 4.79 Å². The summed E-state index contributed by atoms with van der Waals surface area (Å²) >= 11 is 3.27. The van der Waals surface area contributed by atoms with Crippen LogP contribution in [0.25, 0.3) is 0 Å². The van der Waals surface area contributed by atoms with Crippen LogP contribution < -0.4 is 0 Å². The zero-order chi connectivity index (χ0) is 8.97. The molecule has 0 saturated carbocycles. The molecule has 0 aromatic carbocycles. The molecule has 1 saturated heterocycles. The molecule has 3 heteroatoms. The van der Waals surface area contributed by atoms with Crippen LogP contribution in [0, 0.1) is 0 Å². The fraction of sp³-hybridized carbons (Fsp3) is 0.667. The molecule has 0 aliphatic carbocycles. The summed E-state index contributed by atoms with van der Waals surface area (Å²) in [7, 11) is 0. The van der Waals surface area contributed by atoms with Crippen molar-refractivity contribution >= 4 is 21.8 Å². The van der Waals surface area contributed by atoms with Crippen molar-refractivity contribution in [3.05, 3.63) is 11.1 Å². The molecule has 2 nitrogen and oxygen atoms in total. The first kappa shape index (κ1) is 9.78. The fourth-order valence-corrected chi connectivity index (χ4v) is 1.72. The Bertz CT molecular complexity index is 191. The molecule has 12 heavy (non-hydrogen) atoms. The Morgan fingerprint density at radius 3 is 2.92 bits per heavy atom. The maximum absolute atomic E-state index is 11.4. The summed E-state index contributed by atoms with van der Waals surface area (Å²) in [5, 5.41) is 0. The van der Waals surface area contributed by atoms with Gasteiger partial charge in [0.2, 0.25) is 5.91 Å². The molecular formula is C9H14BrNO. The third-order valence-corrected chi connectivity index (χ3v) is 2.28. The maximum Gasteiger partial charge on any atom is 0.222 e. The van der Waals surface area contributed by atoms with Crippen LogP contribution in [0.5, 0.6) is 0 Å². The van der Waals surface area contributed by atoms with Crippen molar-refractivity contribution in [2.45, 2.75) is 25.7 Å². The molecule has 0 atom stereocenters. The summed E-state index contributed by atoms with van der Waals surface area (Å²) in [5.41, 5.74) is 0. The number of nitrogens with zero attached hydrogens (tertiary/aromatic N) is 1. The van der Waals surface area contributed by atoms with Crippen LogP contribution in [-0.2, 0) is 4.79 Å². The third-order valence-electron chi connectivity index (χ3n) is 2.03. The molecule has 0 aromatic heterocycles. The van der Waals surface area contributed by atoms with Crippen molar-refractivity contribution in [2.75, 3.05) is 13.1 Å². The van der Waals surface area contributed by atoms with E-state index in [0.717, 1.165) is 23.9 Å². The van der Waals surface area contributed by atoms with Crippen LogP contribution in [0.15, 0.2) is 11.1 Å². The Balaban J connectivity index is 2.47. The molecule has 0 aromatic rings. The SMILES string of the molecule is C=C(Br)CN1CCCCCC1=O. The Morgan fingerprint density at radius 1 is 1.50 bits per heavy atom. The normalized spacial score (nSPS) is 19.1. The molecule has 1 amide bonds. The van der Waals surface area contributed by atoms with Crippen molar-refractivity contribution < 1.29 is 4.79 Å². The summed E-state index contributed by atoms with van der Waals surface area (Å²) < 4.78 is 0.887. The molecule has 1 aliphatic heterocycles. The highest BCUT2D eigenvalue weighted by Crippen LogP contribution is 2.13. The van der Waals surface area contributed by atoms with Crippen LogP contribution in [0.2, 0.25) is 0 Å². The Labute approximate surface area is 81.8 Å². The third kappa shape index (κ3) is 2.97. The quantitative estimate of drug-likeness (QED) is 0.715. The van der Waals surface area contributed by atoms with Crippen LogP contribution in [0.1, 0.15) is 25.7 Å². The van der Waals surface area contributed by atoms with E-state index in [4.69, 9.17) is 0 Å². The minimum Gasteiger partial charge on any atom is -0.338 e. The second-order valence-corrected chi connectivity index (χ2v) is 4.26. The smallest absolute Gasteiger partial charge is 0.222 e. The van der Waals surface area contributed by atoms with Gasteiger partial charge in [-0.2, -0.15) is 0 Å². The number of amides is 1. The number of likely N-dealkylation sites (tertiary alicyclic amines) is 1. The van der Waals surface area contributed by atoms with Gasteiger partial charge in [-0.05, 0) is 12.8 Å². The molecule has 0 bridgehead atoms. The molecule has 0 unspecified atom stereocenters. The zero-order valence-corrected chi connectivity index (χ0v) is 8.77. The van der Waals surface area contributed by atoms with E-state index >= 15 is 0 Å². The van der Waals surface area contributed by atoms with Gasteiger partial charge >= 0.3 is 0 Å². The van der Waals surface area contributed by atoms with E-state index in [2.05, 4.69) is 22.5 Å². The van der Waals surface area contributed by atoms with Gasteiger partial charge in [-0.1, -0.05) is 28.9 Å². The van der Waals surface area contributed by atoms with Gasteiger partial charge in [0, 0.05) is 17.4 Å². The summed E-state index contributed by atoms with van der Waals surface area (Å²) in [4.78, 5) is 13.3. The highest BCUT2D eigenvalue weighted by molar-refractivity contribution is 9.11. The number of rotatable bonds is 2. The minimum atomic E-state index is 0.271. The summed E-state index contributed by atoms with van der Waals surface area (Å²) in [6, 6.07) is 0. The van der Waals surface area contributed by atoms with Gasteiger partial charge < -0.3 is 4.90 Å². The van der Waals surface area contributed by atoms with Crippen LogP contribution in [0.4, 0.5) is 0 Å². The molecular weight excluding hydrogens is 218 g/mol. The summed E-state index contributed by atoms with van der Waals surface area (Å²) in [6.07, 6.45) is 4.06. The maximum atomic E-state index is 11.4. The standard InChI is InChI=1S/C9H14BrNO/c1-8(10)7-11-6-4-2-3-5-9(11)12/h1-7H2. The van der Waals surface area contributed by atoms with Crippen molar-refractivity contribution in [1.29, 1.82) is 0 Å². The number of hydrogen-bond acceptors (Lipinski definition) is 1. The molecule has 1 aliphatic rings. The predicted molar refractivity (Wildman–Crippen MR) is 53.1 cm³/mol. The van der Waals surface area contributed by atoms with Gasteiger partial charge in [-0.3, -0.25) is 4.79 Å². The van der Waals surface area contributed by atoms with Crippen molar-refractivity contribution in [3.8, 4) is 0 Å². The minimum absolute atomic E-state index is 0.271. The second-order valence-electron chi connectivity index (χ2n) is 3.14. The van der Waals surface area contributed by atoms with Gasteiger partial charge in [0.15, 0.2) is 0 Å². The van der Waals surface area contributed by atoms with Gasteiger partial charge in [-0.15, -0.1) is 0 Å². The lowest BCUT2D eigenvalue weighted by Crippen LogP contribution is -2.31. The number of carbonyl (C=O) groups excluding carboxylic acids is 1. The lowest BCUT2D eigenvalue weighted by molar-refractivity contribution is -0.130. The van der Waals surface area contributed by atoms with Gasteiger partial charge in [0.05, 0.1) is 6.54 Å². The molecule has 0 radical (unpaired) electrons. The Hall–Kier alpha value is -0.310. The van der Waals surface area contributed by atoms with E-state index < -0.39 is 0 Å². The first-order valence-corrected chi connectivity index (χ1v) is 5.10. The number of hydrogen-bond donors (Lipinski definition) is 0. The second kappa shape index (κ2) is 4.65. The fourth-order valence-electron chi connectivity index (χ4n) is 1.41. The average molecular weight is 232 g/mol. The van der Waals surface area contributed by atoms with E-state index in [1.54, 1.807) is 0 Å². The van der Waals surface area contributed by atoms with Gasteiger partial charge in [-0.25, -0.2) is 0 Å². The molecule has 68 valence electrons. The zero-order valence-electron chi connectivity index (χ0n) is 7.18. The highest BCUT2D eigenvalue weighted by Gasteiger charge is 2.15. The van der Waals surface area contributed by atoms with Gasteiger partial charge in [0.1, 0.15) is 0 Å². The molecule has 1 rings (SSSR count). The molecule has 0 spiro atoms. The molecule has 1 heterocycles. The average Bonchev–Trinajstić information content (AvgIpc) is 2.16. The van der Waals surface area contributed by atoms with E-state index in [1.807, 2.05) is 4.90 Å². The number of halogens is 1. The van der Waals surface area contributed by atoms with Crippen LogP contribution in [-0.4, -0.2) is 23.9 Å². The lowest BCUT2D eigenvalue weighted by atomic mass is 10.2. The van der Waals surface area contributed by atoms with Crippen molar-refractivity contribution in [2.24, 2.45) is 0 Å². The monoisotopic (exact) mass is 231 g/mol. The summed E-state index contributed by atoms with van der Waals surface area (Å²) in [5.74, 6) is 0.271. The largest absolute Gasteiger partial charge is 0.338 e.